The Morgan fingerprint density at radius 3 is 2.74 bits per heavy atom. The minimum atomic E-state index is -0.600. The lowest BCUT2D eigenvalue weighted by atomic mass is 10.1. The molecule has 2 heterocycles. The van der Waals surface area contributed by atoms with Crippen molar-refractivity contribution < 1.29 is 9.50 Å². The Balaban J connectivity index is 1.81. The molecule has 0 bridgehead atoms. The summed E-state index contributed by atoms with van der Waals surface area (Å²) in [5, 5.41) is 21.8. The highest BCUT2D eigenvalue weighted by atomic mass is 19.1. The van der Waals surface area contributed by atoms with Gasteiger partial charge in [0.15, 0.2) is 11.6 Å². The van der Waals surface area contributed by atoms with Crippen LogP contribution in [-0.4, -0.2) is 31.9 Å². The van der Waals surface area contributed by atoms with Crippen molar-refractivity contribution in [1.82, 2.24) is 20.2 Å². The lowest BCUT2D eigenvalue weighted by Gasteiger charge is -2.18. The highest BCUT2D eigenvalue weighted by Gasteiger charge is 2.14. The first kappa shape index (κ1) is 14.9. The van der Waals surface area contributed by atoms with Gasteiger partial charge in [0.1, 0.15) is 0 Å². The van der Waals surface area contributed by atoms with E-state index in [0.717, 1.165) is 11.8 Å². The smallest absolute Gasteiger partial charge is 0.229 e. The van der Waals surface area contributed by atoms with Gasteiger partial charge >= 0.3 is 0 Å². The SMILES string of the molecule is OCC(Nc1nc(Nc2cn[nH]c2)ncc1F)c1ccccc1. The summed E-state index contributed by atoms with van der Waals surface area (Å²) in [6.45, 7) is -0.196. The molecule has 1 aromatic carbocycles. The van der Waals surface area contributed by atoms with Gasteiger partial charge in [0.2, 0.25) is 5.95 Å². The Morgan fingerprint density at radius 2 is 2.04 bits per heavy atom. The zero-order valence-electron chi connectivity index (χ0n) is 12.1. The Hall–Kier alpha value is -3.00. The van der Waals surface area contributed by atoms with E-state index in [1.165, 1.54) is 0 Å². The predicted octanol–water partition coefficient (Wildman–Crippen LogP) is 2.23. The fourth-order valence-electron chi connectivity index (χ4n) is 2.06. The van der Waals surface area contributed by atoms with Crippen LogP contribution in [0, 0.1) is 5.82 Å². The maximum absolute atomic E-state index is 13.9. The van der Waals surface area contributed by atoms with E-state index in [1.54, 1.807) is 12.4 Å². The van der Waals surface area contributed by atoms with Gasteiger partial charge < -0.3 is 15.7 Å². The summed E-state index contributed by atoms with van der Waals surface area (Å²) < 4.78 is 13.9. The molecular weight excluding hydrogens is 299 g/mol. The van der Waals surface area contributed by atoms with Crippen LogP contribution in [0.15, 0.2) is 48.9 Å². The number of rotatable bonds is 6. The molecule has 8 heteroatoms. The first-order chi connectivity index (χ1) is 11.3. The van der Waals surface area contributed by atoms with Crippen molar-refractivity contribution in [3.8, 4) is 0 Å². The van der Waals surface area contributed by atoms with E-state index in [9.17, 15) is 9.50 Å². The first-order valence-corrected chi connectivity index (χ1v) is 6.97. The second-order valence-electron chi connectivity index (χ2n) is 4.79. The van der Waals surface area contributed by atoms with E-state index < -0.39 is 11.9 Å². The zero-order valence-corrected chi connectivity index (χ0v) is 12.1. The topological polar surface area (TPSA) is 98.7 Å². The van der Waals surface area contributed by atoms with Crippen molar-refractivity contribution in [2.75, 3.05) is 17.2 Å². The molecule has 2 aromatic heterocycles. The molecule has 1 unspecified atom stereocenters. The molecule has 7 nitrogen and oxygen atoms in total. The molecule has 0 spiro atoms. The number of aromatic amines is 1. The Kier molecular flexibility index (Phi) is 4.44. The van der Waals surface area contributed by atoms with Crippen molar-refractivity contribution in [1.29, 1.82) is 0 Å². The third-order valence-corrected chi connectivity index (χ3v) is 3.19. The molecule has 0 aliphatic carbocycles. The molecule has 0 amide bonds. The lowest BCUT2D eigenvalue weighted by molar-refractivity contribution is 0.276. The fourth-order valence-corrected chi connectivity index (χ4v) is 2.06. The fraction of sp³-hybridized carbons (Fsp3) is 0.133. The molecule has 23 heavy (non-hydrogen) atoms. The van der Waals surface area contributed by atoms with Crippen molar-refractivity contribution in [3.63, 3.8) is 0 Å². The van der Waals surface area contributed by atoms with E-state index in [2.05, 4.69) is 30.8 Å². The molecule has 3 rings (SSSR count). The number of benzene rings is 1. The van der Waals surface area contributed by atoms with Crippen LogP contribution in [0.1, 0.15) is 11.6 Å². The van der Waals surface area contributed by atoms with E-state index in [4.69, 9.17) is 0 Å². The highest BCUT2D eigenvalue weighted by Crippen LogP contribution is 2.21. The van der Waals surface area contributed by atoms with Gasteiger partial charge in [-0.3, -0.25) is 5.10 Å². The third kappa shape index (κ3) is 3.61. The van der Waals surface area contributed by atoms with Gasteiger partial charge in [0.05, 0.1) is 30.7 Å². The number of hydrogen-bond acceptors (Lipinski definition) is 6. The van der Waals surface area contributed by atoms with Crippen molar-refractivity contribution in [2.45, 2.75) is 6.04 Å². The number of anilines is 3. The Labute approximate surface area is 131 Å². The van der Waals surface area contributed by atoms with Gasteiger partial charge in [-0.15, -0.1) is 0 Å². The predicted molar refractivity (Wildman–Crippen MR) is 83.8 cm³/mol. The molecule has 4 N–H and O–H groups in total. The number of nitrogens with one attached hydrogen (secondary N) is 3. The molecule has 1 atom stereocenters. The second kappa shape index (κ2) is 6.84. The summed E-state index contributed by atoms with van der Waals surface area (Å²) in [5.74, 6) is -0.369. The largest absolute Gasteiger partial charge is 0.394 e. The van der Waals surface area contributed by atoms with Gasteiger partial charge in [-0.25, -0.2) is 9.37 Å². The Morgan fingerprint density at radius 1 is 1.22 bits per heavy atom. The van der Waals surface area contributed by atoms with Crippen LogP contribution in [0.4, 0.5) is 21.8 Å². The number of aromatic nitrogens is 4. The van der Waals surface area contributed by atoms with Crippen molar-refractivity contribution in [3.05, 3.63) is 60.3 Å². The third-order valence-electron chi connectivity index (χ3n) is 3.19. The molecule has 0 aliphatic heterocycles. The molecule has 0 fully saturated rings. The number of aliphatic hydroxyl groups excluding tert-OH is 1. The molecular formula is C15H15FN6O. The van der Waals surface area contributed by atoms with Crippen LogP contribution in [0.2, 0.25) is 0 Å². The van der Waals surface area contributed by atoms with Gasteiger partial charge in [0, 0.05) is 6.20 Å². The first-order valence-electron chi connectivity index (χ1n) is 6.97. The minimum absolute atomic E-state index is 0.00824. The van der Waals surface area contributed by atoms with E-state index in [0.29, 0.717) is 5.69 Å². The molecule has 0 radical (unpaired) electrons. The average molecular weight is 314 g/mol. The average Bonchev–Trinajstić information content (AvgIpc) is 3.09. The Bertz CT molecular complexity index is 750. The van der Waals surface area contributed by atoms with Crippen LogP contribution in [0.3, 0.4) is 0 Å². The van der Waals surface area contributed by atoms with Crippen LogP contribution in [-0.2, 0) is 0 Å². The summed E-state index contributed by atoms with van der Waals surface area (Å²) >= 11 is 0. The molecule has 0 saturated carbocycles. The molecule has 118 valence electrons. The number of halogens is 1. The van der Waals surface area contributed by atoms with Crippen LogP contribution >= 0.6 is 0 Å². The van der Waals surface area contributed by atoms with Gasteiger partial charge in [-0.1, -0.05) is 30.3 Å². The highest BCUT2D eigenvalue weighted by molar-refractivity contribution is 5.53. The van der Waals surface area contributed by atoms with Gasteiger partial charge in [-0.05, 0) is 5.56 Å². The van der Waals surface area contributed by atoms with Crippen molar-refractivity contribution in [2.24, 2.45) is 0 Å². The molecule has 0 aliphatic rings. The molecule has 3 aromatic rings. The summed E-state index contributed by atoms with van der Waals surface area (Å²) in [6, 6.07) is 8.79. The standard InChI is InChI=1S/C15H15FN6O/c16-12-8-17-15(20-11-6-18-19-7-11)22-14(12)21-13(9-23)10-4-2-1-3-5-10/h1-8,13,23H,9H2,(H,18,19)(H2,17,20,21,22). The summed E-state index contributed by atoms with van der Waals surface area (Å²) in [6.07, 6.45) is 4.25. The summed E-state index contributed by atoms with van der Waals surface area (Å²) in [7, 11) is 0. The normalized spacial score (nSPS) is 11.9. The second-order valence-corrected chi connectivity index (χ2v) is 4.79. The maximum atomic E-state index is 13.9. The minimum Gasteiger partial charge on any atom is -0.394 e. The number of hydrogen-bond donors (Lipinski definition) is 4. The number of nitrogens with zero attached hydrogens (tertiary/aromatic N) is 3. The van der Waals surface area contributed by atoms with Crippen LogP contribution in [0.25, 0.3) is 0 Å². The maximum Gasteiger partial charge on any atom is 0.229 e. The number of aliphatic hydroxyl groups is 1. The van der Waals surface area contributed by atoms with E-state index >= 15 is 0 Å². The number of H-pyrrole nitrogens is 1. The van der Waals surface area contributed by atoms with E-state index in [1.807, 2.05) is 30.3 Å². The van der Waals surface area contributed by atoms with Crippen LogP contribution in [0.5, 0.6) is 0 Å². The zero-order chi connectivity index (χ0) is 16.1. The quantitative estimate of drug-likeness (QED) is 0.557. The van der Waals surface area contributed by atoms with Gasteiger partial charge in [0.25, 0.3) is 0 Å². The van der Waals surface area contributed by atoms with Gasteiger partial charge in [-0.2, -0.15) is 10.1 Å². The molecule has 0 saturated heterocycles. The summed E-state index contributed by atoms with van der Waals surface area (Å²) in [4.78, 5) is 7.98. The van der Waals surface area contributed by atoms with E-state index in [-0.39, 0.29) is 18.4 Å². The summed E-state index contributed by atoms with van der Waals surface area (Å²) in [5.41, 5.74) is 1.49. The monoisotopic (exact) mass is 314 g/mol. The van der Waals surface area contributed by atoms with Crippen molar-refractivity contribution >= 4 is 17.5 Å². The van der Waals surface area contributed by atoms with Crippen LogP contribution < -0.4 is 10.6 Å². The lowest BCUT2D eigenvalue weighted by Crippen LogP contribution is -2.17.